The summed E-state index contributed by atoms with van der Waals surface area (Å²) in [6, 6.07) is 8.04. The lowest BCUT2D eigenvalue weighted by atomic mass is 10.0. The average Bonchev–Trinajstić information content (AvgIpc) is 2.59. The van der Waals surface area contributed by atoms with Crippen LogP contribution < -0.4 is 4.74 Å². The van der Waals surface area contributed by atoms with Gasteiger partial charge in [-0.2, -0.15) is 0 Å². The number of hydrogen-bond donors (Lipinski definition) is 0. The van der Waals surface area contributed by atoms with Crippen molar-refractivity contribution < 1.29 is 18.9 Å². The Morgan fingerprint density at radius 2 is 1.72 bits per heavy atom. The van der Waals surface area contributed by atoms with E-state index >= 15 is 0 Å². The predicted octanol–water partition coefficient (Wildman–Crippen LogP) is 4.88. The van der Waals surface area contributed by atoms with Gasteiger partial charge in [0, 0.05) is 19.6 Å². The van der Waals surface area contributed by atoms with E-state index in [0.717, 1.165) is 50.2 Å². The molecular weight excluding hydrogens is 316 g/mol. The molecule has 4 atom stereocenters. The third-order valence-corrected chi connectivity index (χ3v) is 4.61. The smallest absolute Gasteiger partial charge is 0.202 e. The molecule has 4 heteroatoms. The zero-order valence-electron chi connectivity index (χ0n) is 16.2. The molecule has 0 saturated carbocycles. The summed E-state index contributed by atoms with van der Waals surface area (Å²) in [5.41, 5.74) is 1.11. The van der Waals surface area contributed by atoms with Crippen molar-refractivity contribution in [2.45, 2.75) is 84.4 Å². The van der Waals surface area contributed by atoms with Gasteiger partial charge in [-0.3, -0.25) is 0 Å². The van der Waals surface area contributed by atoms with Crippen molar-refractivity contribution in [3.05, 3.63) is 29.8 Å². The summed E-state index contributed by atoms with van der Waals surface area (Å²) < 4.78 is 24.5. The summed E-state index contributed by atoms with van der Waals surface area (Å²) in [6.07, 6.45) is 4.72. The van der Waals surface area contributed by atoms with E-state index in [1.165, 1.54) is 0 Å². The highest BCUT2D eigenvalue weighted by Crippen LogP contribution is 2.28. The summed E-state index contributed by atoms with van der Waals surface area (Å²) in [4.78, 5) is 0. The molecule has 0 amide bonds. The zero-order chi connectivity index (χ0) is 18.1. The predicted molar refractivity (Wildman–Crippen MR) is 100 cm³/mol. The van der Waals surface area contributed by atoms with E-state index in [2.05, 4.69) is 20.8 Å². The number of hydrogen-bond acceptors (Lipinski definition) is 4. The SMILES string of the molecule is CCCCO[C@@H]1C[C@@H](Oc2ccccc2C)OC(C)[C@@H]1OCCCC. The van der Waals surface area contributed by atoms with Crippen molar-refractivity contribution in [1.29, 1.82) is 0 Å². The molecule has 0 radical (unpaired) electrons. The molecule has 1 fully saturated rings. The highest BCUT2D eigenvalue weighted by molar-refractivity contribution is 5.31. The molecule has 1 aliphatic rings. The molecule has 1 aromatic rings. The van der Waals surface area contributed by atoms with Crippen LogP contribution in [0.2, 0.25) is 0 Å². The van der Waals surface area contributed by atoms with Gasteiger partial charge in [-0.05, 0) is 38.3 Å². The van der Waals surface area contributed by atoms with Gasteiger partial charge in [-0.1, -0.05) is 44.9 Å². The molecule has 1 unspecified atom stereocenters. The molecule has 0 N–H and O–H groups in total. The third-order valence-electron chi connectivity index (χ3n) is 4.61. The highest BCUT2D eigenvalue weighted by Gasteiger charge is 2.39. The summed E-state index contributed by atoms with van der Waals surface area (Å²) in [5, 5.41) is 0. The first-order chi connectivity index (χ1) is 12.2. The monoisotopic (exact) mass is 350 g/mol. The fourth-order valence-corrected chi connectivity index (χ4v) is 3.05. The first-order valence-electron chi connectivity index (χ1n) is 9.76. The Kier molecular flexibility index (Phi) is 8.73. The van der Waals surface area contributed by atoms with Crippen LogP contribution in [0.15, 0.2) is 24.3 Å². The van der Waals surface area contributed by atoms with Crippen molar-refractivity contribution in [2.75, 3.05) is 13.2 Å². The van der Waals surface area contributed by atoms with E-state index in [-0.39, 0.29) is 24.6 Å². The first kappa shape index (κ1) is 20.2. The minimum Gasteiger partial charge on any atom is -0.465 e. The van der Waals surface area contributed by atoms with Crippen LogP contribution in [-0.4, -0.2) is 37.8 Å². The standard InChI is InChI=1S/C21H34O4/c1-5-7-13-22-19-15-20(25-18-12-10-9-11-16(18)3)24-17(4)21(19)23-14-8-6-2/h9-12,17,19-21H,5-8,13-15H2,1-4H3/t17?,19-,20-,21+/m1/s1. The molecule has 1 saturated heterocycles. The number of rotatable bonds is 10. The Bertz CT molecular complexity index is 491. The molecule has 1 aromatic carbocycles. The Morgan fingerprint density at radius 3 is 2.40 bits per heavy atom. The largest absolute Gasteiger partial charge is 0.465 e. The number of para-hydroxylation sites is 1. The van der Waals surface area contributed by atoms with Gasteiger partial charge in [0.2, 0.25) is 6.29 Å². The first-order valence-corrected chi connectivity index (χ1v) is 9.76. The van der Waals surface area contributed by atoms with Crippen LogP contribution >= 0.6 is 0 Å². The molecule has 2 rings (SSSR count). The maximum absolute atomic E-state index is 6.15. The van der Waals surface area contributed by atoms with Crippen LogP contribution in [0.5, 0.6) is 5.75 Å². The van der Waals surface area contributed by atoms with E-state index in [1.54, 1.807) is 0 Å². The lowest BCUT2D eigenvalue weighted by molar-refractivity contribution is -0.238. The second-order valence-electron chi connectivity index (χ2n) is 6.84. The van der Waals surface area contributed by atoms with Crippen LogP contribution in [0.4, 0.5) is 0 Å². The number of benzene rings is 1. The Labute approximate surface area is 152 Å². The Balaban J connectivity index is 1.99. The van der Waals surface area contributed by atoms with Crippen molar-refractivity contribution in [1.82, 2.24) is 0 Å². The Morgan fingerprint density at radius 1 is 1.04 bits per heavy atom. The molecule has 0 aromatic heterocycles. The zero-order valence-corrected chi connectivity index (χ0v) is 16.2. The molecule has 0 bridgehead atoms. The molecule has 0 aliphatic carbocycles. The van der Waals surface area contributed by atoms with E-state index in [9.17, 15) is 0 Å². The maximum Gasteiger partial charge on any atom is 0.202 e. The summed E-state index contributed by atoms with van der Waals surface area (Å²) in [7, 11) is 0. The topological polar surface area (TPSA) is 36.9 Å². The molecule has 142 valence electrons. The van der Waals surface area contributed by atoms with E-state index in [0.29, 0.717) is 6.42 Å². The van der Waals surface area contributed by atoms with Gasteiger partial charge >= 0.3 is 0 Å². The van der Waals surface area contributed by atoms with Gasteiger partial charge in [0.25, 0.3) is 0 Å². The molecule has 1 heterocycles. The summed E-state index contributed by atoms with van der Waals surface area (Å²) >= 11 is 0. The molecule has 1 aliphatic heterocycles. The van der Waals surface area contributed by atoms with E-state index in [1.807, 2.05) is 31.2 Å². The quantitative estimate of drug-likeness (QED) is 0.564. The van der Waals surface area contributed by atoms with Crippen molar-refractivity contribution in [2.24, 2.45) is 0 Å². The highest BCUT2D eigenvalue weighted by atomic mass is 16.7. The summed E-state index contributed by atoms with van der Waals surface area (Å²) in [5.74, 6) is 0.873. The normalized spacial score (nSPS) is 26.6. The molecule has 0 spiro atoms. The second-order valence-corrected chi connectivity index (χ2v) is 6.84. The van der Waals surface area contributed by atoms with E-state index in [4.69, 9.17) is 18.9 Å². The number of unbranched alkanes of at least 4 members (excludes halogenated alkanes) is 2. The van der Waals surface area contributed by atoms with Gasteiger partial charge in [-0.25, -0.2) is 0 Å². The fourth-order valence-electron chi connectivity index (χ4n) is 3.05. The number of ether oxygens (including phenoxy) is 4. The minimum absolute atomic E-state index is 0.0150. The van der Waals surface area contributed by atoms with Crippen molar-refractivity contribution in [3.63, 3.8) is 0 Å². The van der Waals surface area contributed by atoms with Crippen LogP contribution in [0.25, 0.3) is 0 Å². The van der Waals surface area contributed by atoms with Crippen LogP contribution in [0.1, 0.15) is 58.4 Å². The van der Waals surface area contributed by atoms with Crippen molar-refractivity contribution in [3.8, 4) is 5.75 Å². The van der Waals surface area contributed by atoms with Gasteiger partial charge in [-0.15, -0.1) is 0 Å². The van der Waals surface area contributed by atoms with Crippen LogP contribution in [0, 0.1) is 6.92 Å². The van der Waals surface area contributed by atoms with Gasteiger partial charge in [0.05, 0.1) is 12.2 Å². The van der Waals surface area contributed by atoms with Gasteiger partial charge in [0.1, 0.15) is 11.9 Å². The lowest BCUT2D eigenvalue weighted by Gasteiger charge is -2.40. The minimum atomic E-state index is -0.297. The van der Waals surface area contributed by atoms with Crippen LogP contribution in [0.3, 0.4) is 0 Å². The van der Waals surface area contributed by atoms with E-state index < -0.39 is 0 Å². The molecule has 4 nitrogen and oxygen atoms in total. The Hall–Kier alpha value is -1.10. The lowest BCUT2D eigenvalue weighted by Crippen LogP contribution is -2.51. The second kappa shape index (κ2) is 10.8. The number of aryl methyl sites for hydroxylation is 1. The average molecular weight is 350 g/mol. The van der Waals surface area contributed by atoms with Gasteiger partial charge < -0.3 is 18.9 Å². The van der Waals surface area contributed by atoms with Crippen LogP contribution in [-0.2, 0) is 14.2 Å². The summed E-state index contributed by atoms with van der Waals surface area (Å²) in [6.45, 7) is 9.97. The molecular formula is C21H34O4. The third kappa shape index (κ3) is 6.28. The molecule has 25 heavy (non-hydrogen) atoms. The maximum atomic E-state index is 6.15. The van der Waals surface area contributed by atoms with Crippen molar-refractivity contribution >= 4 is 0 Å². The van der Waals surface area contributed by atoms with Gasteiger partial charge in [0.15, 0.2) is 0 Å². The fraction of sp³-hybridized carbons (Fsp3) is 0.714.